The summed E-state index contributed by atoms with van der Waals surface area (Å²) in [4.78, 5) is 16.6. The highest BCUT2D eigenvalue weighted by Crippen LogP contribution is 2.27. The second kappa shape index (κ2) is 8.61. The molecule has 0 unspecified atom stereocenters. The third-order valence-corrected chi connectivity index (χ3v) is 5.33. The Morgan fingerprint density at radius 2 is 1.83 bits per heavy atom. The second-order valence-corrected chi connectivity index (χ2v) is 7.70. The average Bonchev–Trinajstić information content (AvgIpc) is 3.21. The molecule has 6 nitrogen and oxygen atoms in total. The van der Waals surface area contributed by atoms with Crippen LogP contribution in [-0.2, 0) is 6.61 Å². The van der Waals surface area contributed by atoms with Gasteiger partial charge in [0.05, 0.1) is 5.69 Å². The number of nitrogens with zero attached hydrogens (tertiary/aromatic N) is 2. The third kappa shape index (κ3) is 4.56. The Bertz CT molecular complexity index is 996. The first-order chi connectivity index (χ1) is 14.1. The molecule has 2 heterocycles. The Morgan fingerprint density at radius 3 is 2.59 bits per heavy atom. The number of anilines is 1. The lowest BCUT2D eigenvalue weighted by atomic mass is 10.2. The van der Waals surface area contributed by atoms with Gasteiger partial charge >= 0.3 is 0 Å². The summed E-state index contributed by atoms with van der Waals surface area (Å²) in [5.74, 6) is 1.77. The number of amides is 1. The molecule has 2 aromatic carbocycles. The van der Waals surface area contributed by atoms with Crippen LogP contribution in [-0.4, -0.2) is 42.1 Å². The monoisotopic (exact) mass is 456 g/mol. The molecule has 0 aliphatic carbocycles. The lowest BCUT2D eigenvalue weighted by Gasteiger charge is -2.35. The number of aromatic hydroxyl groups is 1. The predicted molar refractivity (Wildman–Crippen MR) is 113 cm³/mol. The van der Waals surface area contributed by atoms with E-state index in [0.29, 0.717) is 37.7 Å². The Kier molecular flexibility index (Phi) is 5.76. The molecule has 3 aromatic rings. The van der Waals surface area contributed by atoms with E-state index in [0.717, 1.165) is 15.9 Å². The van der Waals surface area contributed by atoms with Crippen molar-refractivity contribution < 1.29 is 19.1 Å². The molecule has 1 aliphatic heterocycles. The number of para-hydroxylation sites is 2. The molecule has 1 aromatic heterocycles. The summed E-state index contributed by atoms with van der Waals surface area (Å²) in [6, 6.07) is 18.3. The van der Waals surface area contributed by atoms with E-state index in [1.54, 1.807) is 29.2 Å². The highest BCUT2D eigenvalue weighted by molar-refractivity contribution is 9.10. The quantitative estimate of drug-likeness (QED) is 0.620. The summed E-state index contributed by atoms with van der Waals surface area (Å²) in [6.45, 7) is 2.70. The Labute approximate surface area is 177 Å². The van der Waals surface area contributed by atoms with E-state index in [2.05, 4.69) is 20.8 Å². The van der Waals surface area contributed by atoms with Crippen molar-refractivity contribution in [3.63, 3.8) is 0 Å². The van der Waals surface area contributed by atoms with Crippen molar-refractivity contribution in [1.82, 2.24) is 4.90 Å². The molecule has 29 heavy (non-hydrogen) atoms. The van der Waals surface area contributed by atoms with Crippen molar-refractivity contribution in [1.29, 1.82) is 0 Å². The summed E-state index contributed by atoms with van der Waals surface area (Å²) in [6.07, 6.45) is 0. The van der Waals surface area contributed by atoms with Gasteiger partial charge in [-0.2, -0.15) is 0 Å². The first kappa shape index (κ1) is 19.4. The number of carbonyl (C=O) groups excluding carboxylic acids is 1. The van der Waals surface area contributed by atoms with Crippen LogP contribution in [0.25, 0.3) is 0 Å². The van der Waals surface area contributed by atoms with Crippen LogP contribution < -0.4 is 9.64 Å². The van der Waals surface area contributed by atoms with Gasteiger partial charge in [-0.15, -0.1) is 0 Å². The van der Waals surface area contributed by atoms with Crippen LogP contribution in [0.15, 0.2) is 69.6 Å². The van der Waals surface area contributed by atoms with Gasteiger partial charge in [-0.05, 0) is 42.5 Å². The van der Waals surface area contributed by atoms with Gasteiger partial charge in [0.15, 0.2) is 5.76 Å². The fraction of sp³-hybridized carbons (Fsp3) is 0.227. The van der Waals surface area contributed by atoms with E-state index in [9.17, 15) is 9.90 Å². The zero-order valence-electron chi connectivity index (χ0n) is 15.8. The Morgan fingerprint density at radius 1 is 1.03 bits per heavy atom. The molecular formula is C22H21BrN2O4. The number of halogens is 1. The first-order valence-electron chi connectivity index (χ1n) is 9.39. The number of rotatable bonds is 5. The maximum atomic E-state index is 12.8. The summed E-state index contributed by atoms with van der Waals surface area (Å²) in [7, 11) is 0. The molecule has 1 fully saturated rings. The standard InChI is InChI=1S/C22H21BrN2O4/c23-16-4-3-5-17(14-16)28-15-18-8-9-21(29-18)22(27)25-12-10-24(11-13-25)19-6-1-2-7-20(19)26/h1-9,14,26H,10-13,15H2. The molecule has 0 radical (unpaired) electrons. The number of furan rings is 1. The summed E-state index contributed by atoms with van der Waals surface area (Å²) in [5.41, 5.74) is 0.796. The van der Waals surface area contributed by atoms with E-state index >= 15 is 0 Å². The number of phenols is 1. The number of ether oxygens (including phenoxy) is 1. The highest BCUT2D eigenvalue weighted by Gasteiger charge is 2.25. The zero-order chi connectivity index (χ0) is 20.2. The molecule has 1 saturated heterocycles. The number of phenolic OH excluding ortho intramolecular Hbond substituents is 1. The minimum Gasteiger partial charge on any atom is -0.506 e. The lowest BCUT2D eigenvalue weighted by molar-refractivity contribution is 0.0710. The van der Waals surface area contributed by atoms with Crippen LogP contribution in [0.4, 0.5) is 5.69 Å². The summed E-state index contributed by atoms with van der Waals surface area (Å²) < 4.78 is 12.3. The molecule has 1 aliphatic rings. The molecule has 4 rings (SSSR count). The van der Waals surface area contributed by atoms with Gasteiger partial charge < -0.3 is 24.1 Å². The number of carbonyl (C=O) groups is 1. The normalized spacial score (nSPS) is 14.1. The van der Waals surface area contributed by atoms with Gasteiger partial charge in [0, 0.05) is 30.7 Å². The van der Waals surface area contributed by atoms with Crippen LogP contribution in [0.3, 0.4) is 0 Å². The minimum atomic E-state index is -0.129. The predicted octanol–water partition coefficient (Wildman–Crippen LogP) is 4.29. The van der Waals surface area contributed by atoms with E-state index in [1.807, 2.05) is 36.4 Å². The van der Waals surface area contributed by atoms with Crippen LogP contribution in [0, 0.1) is 0 Å². The highest BCUT2D eigenvalue weighted by atomic mass is 79.9. The maximum absolute atomic E-state index is 12.8. The van der Waals surface area contributed by atoms with Crippen molar-refractivity contribution in [2.75, 3.05) is 31.1 Å². The summed E-state index contributed by atoms with van der Waals surface area (Å²) >= 11 is 3.41. The Balaban J connectivity index is 1.33. The van der Waals surface area contributed by atoms with Gasteiger partial charge in [0.25, 0.3) is 5.91 Å². The van der Waals surface area contributed by atoms with E-state index < -0.39 is 0 Å². The summed E-state index contributed by atoms with van der Waals surface area (Å²) in [5, 5.41) is 10.0. The first-order valence-corrected chi connectivity index (χ1v) is 10.2. The van der Waals surface area contributed by atoms with Gasteiger partial charge in [0.1, 0.15) is 23.9 Å². The Hall–Kier alpha value is -2.93. The van der Waals surface area contributed by atoms with Crippen molar-refractivity contribution in [2.24, 2.45) is 0 Å². The van der Waals surface area contributed by atoms with E-state index in [-0.39, 0.29) is 18.3 Å². The minimum absolute atomic E-state index is 0.129. The topological polar surface area (TPSA) is 66.2 Å². The van der Waals surface area contributed by atoms with Gasteiger partial charge in [-0.3, -0.25) is 4.79 Å². The number of hydrogen-bond acceptors (Lipinski definition) is 5. The fourth-order valence-electron chi connectivity index (χ4n) is 3.32. The third-order valence-electron chi connectivity index (χ3n) is 4.84. The van der Waals surface area contributed by atoms with Gasteiger partial charge in [-0.1, -0.05) is 34.1 Å². The molecule has 0 spiro atoms. The number of benzene rings is 2. The molecule has 150 valence electrons. The average molecular weight is 457 g/mol. The maximum Gasteiger partial charge on any atom is 0.289 e. The molecular weight excluding hydrogens is 436 g/mol. The molecule has 0 bridgehead atoms. The van der Waals surface area contributed by atoms with Gasteiger partial charge in [0.2, 0.25) is 0 Å². The van der Waals surface area contributed by atoms with Crippen LogP contribution >= 0.6 is 15.9 Å². The molecule has 1 amide bonds. The second-order valence-electron chi connectivity index (χ2n) is 6.78. The van der Waals surface area contributed by atoms with E-state index in [4.69, 9.17) is 9.15 Å². The van der Waals surface area contributed by atoms with Crippen molar-refractivity contribution >= 4 is 27.5 Å². The van der Waals surface area contributed by atoms with Crippen LogP contribution in [0.2, 0.25) is 0 Å². The van der Waals surface area contributed by atoms with Crippen molar-refractivity contribution in [3.8, 4) is 11.5 Å². The number of hydrogen-bond donors (Lipinski definition) is 1. The van der Waals surface area contributed by atoms with Crippen LogP contribution in [0.1, 0.15) is 16.3 Å². The molecule has 0 atom stereocenters. The van der Waals surface area contributed by atoms with E-state index in [1.165, 1.54) is 0 Å². The fourth-order valence-corrected chi connectivity index (χ4v) is 3.70. The van der Waals surface area contributed by atoms with Gasteiger partial charge in [-0.25, -0.2) is 0 Å². The van der Waals surface area contributed by atoms with Crippen molar-refractivity contribution in [2.45, 2.75) is 6.61 Å². The van der Waals surface area contributed by atoms with Crippen molar-refractivity contribution in [3.05, 3.63) is 76.7 Å². The number of piperazine rings is 1. The smallest absolute Gasteiger partial charge is 0.289 e. The zero-order valence-corrected chi connectivity index (χ0v) is 17.3. The largest absolute Gasteiger partial charge is 0.506 e. The molecule has 1 N–H and O–H groups in total. The molecule has 0 saturated carbocycles. The SMILES string of the molecule is O=C(c1ccc(COc2cccc(Br)c2)o1)N1CCN(c2ccccc2O)CC1. The van der Waals surface area contributed by atoms with Crippen LogP contribution in [0.5, 0.6) is 11.5 Å². The lowest BCUT2D eigenvalue weighted by Crippen LogP contribution is -2.48. The molecule has 7 heteroatoms.